The minimum absolute atomic E-state index is 0.129. The third kappa shape index (κ3) is 3.67. The minimum atomic E-state index is -0.412. The highest BCUT2D eigenvalue weighted by atomic mass is 16.5. The molecule has 0 aromatic carbocycles. The molecule has 5 nitrogen and oxygen atoms in total. The third-order valence-electron chi connectivity index (χ3n) is 3.25. The van der Waals surface area contributed by atoms with E-state index in [1.165, 1.54) is 6.20 Å². The van der Waals surface area contributed by atoms with Gasteiger partial charge in [-0.2, -0.15) is 0 Å². The van der Waals surface area contributed by atoms with E-state index in [0.29, 0.717) is 30.5 Å². The van der Waals surface area contributed by atoms with Crippen LogP contribution >= 0.6 is 0 Å². The number of pyridine rings is 1. The number of ether oxygens (including phenoxy) is 1. The number of amides is 1. The van der Waals surface area contributed by atoms with Crippen LogP contribution in [0.3, 0.4) is 0 Å². The summed E-state index contributed by atoms with van der Waals surface area (Å²) < 4.78 is 5.23. The van der Waals surface area contributed by atoms with Crippen molar-refractivity contribution in [3.63, 3.8) is 0 Å². The first kappa shape index (κ1) is 13.8. The summed E-state index contributed by atoms with van der Waals surface area (Å²) >= 11 is 0. The van der Waals surface area contributed by atoms with Gasteiger partial charge in [-0.1, -0.05) is 0 Å². The highest BCUT2D eigenvalue weighted by Gasteiger charge is 2.31. The van der Waals surface area contributed by atoms with E-state index in [-0.39, 0.29) is 5.91 Å². The lowest BCUT2D eigenvalue weighted by Gasteiger charge is -2.20. The Balaban J connectivity index is 1.93. The Morgan fingerprint density at radius 1 is 1.58 bits per heavy atom. The second-order valence-electron chi connectivity index (χ2n) is 4.91. The normalized spacial score (nSPS) is 15.9. The van der Waals surface area contributed by atoms with Crippen LogP contribution in [-0.4, -0.2) is 47.2 Å². The van der Waals surface area contributed by atoms with E-state index in [1.807, 2.05) is 6.92 Å². The standard InChI is InChI=1S/C14H20N2O3/c1-3-19-13-7-6-11(8-15-13)14(18)16(2)9-12(17)10-4-5-10/h6-8,10,12,17H,3-5,9H2,1-2H3. The molecule has 0 spiro atoms. The van der Waals surface area contributed by atoms with Gasteiger partial charge in [0.1, 0.15) is 0 Å². The Kier molecular flexibility index (Phi) is 4.37. The van der Waals surface area contributed by atoms with E-state index in [4.69, 9.17) is 4.74 Å². The smallest absolute Gasteiger partial charge is 0.255 e. The van der Waals surface area contributed by atoms with Crippen LogP contribution < -0.4 is 4.74 Å². The predicted octanol–water partition coefficient (Wildman–Crippen LogP) is 1.32. The molecule has 0 radical (unpaired) electrons. The number of aliphatic hydroxyl groups excluding tert-OH is 1. The van der Waals surface area contributed by atoms with Gasteiger partial charge >= 0.3 is 0 Å². The Morgan fingerprint density at radius 2 is 2.32 bits per heavy atom. The van der Waals surface area contributed by atoms with Gasteiger partial charge < -0.3 is 14.7 Å². The predicted molar refractivity (Wildman–Crippen MR) is 71.1 cm³/mol. The molecule has 1 fully saturated rings. The third-order valence-corrected chi connectivity index (χ3v) is 3.25. The number of rotatable bonds is 6. The number of carbonyl (C=O) groups is 1. The number of aromatic nitrogens is 1. The molecule has 1 unspecified atom stereocenters. The Hall–Kier alpha value is -1.62. The summed E-state index contributed by atoms with van der Waals surface area (Å²) in [6.45, 7) is 2.80. The molecule has 1 aliphatic carbocycles. The van der Waals surface area contributed by atoms with Crippen molar-refractivity contribution in [2.75, 3.05) is 20.2 Å². The van der Waals surface area contributed by atoms with Crippen molar-refractivity contribution in [3.05, 3.63) is 23.9 Å². The van der Waals surface area contributed by atoms with Crippen molar-refractivity contribution in [1.82, 2.24) is 9.88 Å². The lowest BCUT2D eigenvalue weighted by Crippen LogP contribution is -2.35. The van der Waals surface area contributed by atoms with Crippen LogP contribution in [0.1, 0.15) is 30.1 Å². The monoisotopic (exact) mass is 264 g/mol. The van der Waals surface area contributed by atoms with E-state index < -0.39 is 6.10 Å². The van der Waals surface area contributed by atoms with Crippen LogP contribution in [0.2, 0.25) is 0 Å². The second kappa shape index (κ2) is 6.02. The summed E-state index contributed by atoms with van der Waals surface area (Å²) in [5.74, 6) is 0.753. The van der Waals surface area contributed by atoms with Gasteiger partial charge in [-0.3, -0.25) is 4.79 Å². The van der Waals surface area contributed by atoms with Crippen LogP contribution in [0.4, 0.5) is 0 Å². The number of carbonyl (C=O) groups excluding carboxylic acids is 1. The molecule has 1 saturated carbocycles. The molecule has 1 aliphatic rings. The summed E-state index contributed by atoms with van der Waals surface area (Å²) in [6, 6.07) is 3.38. The van der Waals surface area contributed by atoms with Crippen molar-refractivity contribution in [2.24, 2.45) is 5.92 Å². The fourth-order valence-corrected chi connectivity index (χ4v) is 1.95. The fraction of sp³-hybridized carbons (Fsp3) is 0.571. The zero-order valence-electron chi connectivity index (χ0n) is 11.4. The van der Waals surface area contributed by atoms with Gasteiger partial charge in [0, 0.05) is 25.9 Å². The summed E-state index contributed by atoms with van der Waals surface area (Å²) in [5, 5.41) is 9.84. The molecule has 1 aromatic heterocycles. The summed E-state index contributed by atoms with van der Waals surface area (Å²) in [5.41, 5.74) is 0.508. The van der Waals surface area contributed by atoms with Crippen LogP contribution in [0.25, 0.3) is 0 Å². The molecule has 1 atom stereocenters. The zero-order valence-corrected chi connectivity index (χ0v) is 11.4. The van der Waals surface area contributed by atoms with Gasteiger partial charge in [0.2, 0.25) is 5.88 Å². The first-order valence-electron chi connectivity index (χ1n) is 6.64. The van der Waals surface area contributed by atoms with Crippen LogP contribution in [0.5, 0.6) is 5.88 Å². The van der Waals surface area contributed by atoms with E-state index in [1.54, 1.807) is 24.1 Å². The van der Waals surface area contributed by atoms with Crippen molar-refractivity contribution in [2.45, 2.75) is 25.9 Å². The van der Waals surface area contributed by atoms with Crippen molar-refractivity contribution in [3.8, 4) is 5.88 Å². The maximum absolute atomic E-state index is 12.1. The molecular weight excluding hydrogens is 244 g/mol. The van der Waals surface area contributed by atoms with Gasteiger partial charge in [-0.05, 0) is 31.7 Å². The van der Waals surface area contributed by atoms with Gasteiger partial charge in [0.05, 0.1) is 18.3 Å². The van der Waals surface area contributed by atoms with Gasteiger partial charge in [-0.25, -0.2) is 4.98 Å². The van der Waals surface area contributed by atoms with E-state index in [0.717, 1.165) is 12.8 Å². The lowest BCUT2D eigenvalue weighted by atomic mass is 10.2. The number of nitrogens with zero attached hydrogens (tertiary/aromatic N) is 2. The summed E-state index contributed by atoms with van der Waals surface area (Å²) in [7, 11) is 1.70. The number of aliphatic hydroxyl groups is 1. The second-order valence-corrected chi connectivity index (χ2v) is 4.91. The minimum Gasteiger partial charge on any atom is -0.478 e. The first-order chi connectivity index (χ1) is 9.11. The lowest BCUT2D eigenvalue weighted by molar-refractivity contribution is 0.0645. The van der Waals surface area contributed by atoms with Crippen LogP contribution in [0, 0.1) is 5.92 Å². The Labute approximate surface area is 113 Å². The molecule has 1 heterocycles. The van der Waals surface area contributed by atoms with E-state index in [2.05, 4.69) is 4.98 Å². The van der Waals surface area contributed by atoms with Gasteiger partial charge in [0.15, 0.2) is 0 Å². The molecule has 19 heavy (non-hydrogen) atoms. The molecule has 2 rings (SSSR count). The quantitative estimate of drug-likeness (QED) is 0.842. The van der Waals surface area contributed by atoms with Gasteiger partial charge in [-0.15, -0.1) is 0 Å². The molecule has 104 valence electrons. The molecule has 5 heteroatoms. The molecule has 0 saturated heterocycles. The SMILES string of the molecule is CCOc1ccc(C(=O)N(C)CC(O)C2CC2)cn1. The highest BCUT2D eigenvalue weighted by molar-refractivity contribution is 5.93. The number of hydrogen-bond donors (Lipinski definition) is 1. The van der Waals surface area contributed by atoms with Crippen LogP contribution in [-0.2, 0) is 0 Å². The average molecular weight is 264 g/mol. The fourth-order valence-electron chi connectivity index (χ4n) is 1.95. The summed E-state index contributed by atoms with van der Waals surface area (Å²) in [4.78, 5) is 17.7. The van der Waals surface area contributed by atoms with Crippen LogP contribution in [0.15, 0.2) is 18.3 Å². The van der Waals surface area contributed by atoms with Crippen molar-refractivity contribution < 1.29 is 14.6 Å². The van der Waals surface area contributed by atoms with Gasteiger partial charge in [0.25, 0.3) is 5.91 Å². The molecular formula is C14H20N2O3. The van der Waals surface area contributed by atoms with Crippen molar-refractivity contribution >= 4 is 5.91 Å². The molecule has 0 aliphatic heterocycles. The topological polar surface area (TPSA) is 62.7 Å². The van der Waals surface area contributed by atoms with E-state index >= 15 is 0 Å². The number of hydrogen-bond acceptors (Lipinski definition) is 4. The number of likely N-dealkylation sites (N-methyl/N-ethyl adjacent to an activating group) is 1. The highest BCUT2D eigenvalue weighted by Crippen LogP contribution is 2.32. The van der Waals surface area contributed by atoms with E-state index in [9.17, 15) is 9.90 Å². The maximum atomic E-state index is 12.1. The Morgan fingerprint density at radius 3 is 2.84 bits per heavy atom. The molecule has 0 bridgehead atoms. The zero-order chi connectivity index (χ0) is 13.8. The molecule has 1 aromatic rings. The maximum Gasteiger partial charge on any atom is 0.255 e. The summed E-state index contributed by atoms with van der Waals surface area (Å²) in [6.07, 6.45) is 3.22. The average Bonchev–Trinajstić information content (AvgIpc) is 3.23. The Bertz CT molecular complexity index is 429. The largest absolute Gasteiger partial charge is 0.478 e. The molecule has 1 amide bonds. The molecule has 1 N–H and O–H groups in total. The van der Waals surface area contributed by atoms with Crippen molar-refractivity contribution in [1.29, 1.82) is 0 Å². The first-order valence-corrected chi connectivity index (χ1v) is 6.64.